The minimum atomic E-state index is -1.13. The number of aliphatic hydroxyl groups excluding tert-OH is 1. The molecule has 0 bridgehead atoms. The predicted molar refractivity (Wildman–Crippen MR) is 71.9 cm³/mol. The first-order valence-corrected chi connectivity index (χ1v) is 6.51. The Bertz CT molecular complexity index is 518. The van der Waals surface area contributed by atoms with Crippen molar-refractivity contribution >= 4 is 17.7 Å². The Kier molecular flexibility index (Phi) is 4.76. The number of nitrogens with one attached hydrogen (secondary N) is 1. The van der Waals surface area contributed by atoms with E-state index in [1.807, 2.05) is 0 Å². The van der Waals surface area contributed by atoms with E-state index in [1.54, 1.807) is 18.0 Å². The van der Waals surface area contributed by atoms with Gasteiger partial charge >= 0.3 is 12.0 Å². The lowest BCUT2D eigenvalue weighted by molar-refractivity contribution is -0.141. The van der Waals surface area contributed by atoms with Crippen LogP contribution in [0.5, 0.6) is 0 Å². The normalized spacial score (nSPS) is 21.5. The quantitative estimate of drug-likeness (QED) is 0.680. The summed E-state index contributed by atoms with van der Waals surface area (Å²) >= 11 is 0. The molecule has 0 radical (unpaired) electrons. The zero-order valence-electron chi connectivity index (χ0n) is 11.6. The lowest BCUT2D eigenvalue weighted by Gasteiger charge is -2.20. The Labute approximate surface area is 121 Å². The predicted octanol–water partition coefficient (Wildman–Crippen LogP) is -0.419. The van der Waals surface area contributed by atoms with E-state index in [2.05, 4.69) is 10.4 Å². The van der Waals surface area contributed by atoms with Crippen molar-refractivity contribution in [2.75, 3.05) is 25.6 Å². The van der Waals surface area contributed by atoms with Crippen molar-refractivity contribution in [2.45, 2.75) is 25.1 Å². The van der Waals surface area contributed by atoms with Gasteiger partial charge in [-0.1, -0.05) is 0 Å². The first kappa shape index (κ1) is 15.3. The van der Waals surface area contributed by atoms with Gasteiger partial charge in [-0.25, -0.2) is 9.59 Å². The van der Waals surface area contributed by atoms with Gasteiger partial charge in [0, 0.05) is 26.3 Å². The van der Waals surface area contributed by atoms with Gasteiger partial charge in [-0.05, 0) is 0 Å². The molecule has 116 valence electrons. The molecule has 1 aliphatic rings. The van der Waals surface area contributed by atoms with E-state index in [9.17, 15) is 14.7 Å². The summed E-state index contributed by atoms with van der Waals surface area (Å²) in [5.41, 5.74) is 0.460. The zero-order valence-corrected chi connectivity index (χ0v) is 11.6. The van der Waals surface area contributed by atoms with E-state index >= 15 is 0 Å². The minimum Gasteiger partial charge on any atom is -0.480 e. The van der Waals surface area contributed by atoms with Crippen LogP contribution in [0.25, 0.3) is 0 Å². The van der Waals surface area contributed by atoms with E-state index in [0.29, 0.717) is 18.8 Å². The fourth-order valence-corrected chi connectivity index (χ4v) is 2.20. The summed E-state index contributed by atoms with van der Waals surface area (Å²) in [6, 6.07) is -1.58. The second kappa shape index (κ2) is 6.55. The Morgan fingerprint density at radius 1 is 1.57 bits per heavy atom. The van der Waals surface area contributed by atoms with E-state index in [0.717, 1.165) is 4.90 Å². The zero-order chi connectivity index (χ0) is 15.4. The van der Waals surface area contributed by atoms with E-state index in [1.165, 1.54) is 6.20 Å². The number of β-amino-alcohol motifs (C(OH)–C–C–N with tert-alkyl or cyclic N) is 1. The lowest BCUT2D eigenvalue weighted by Crippen LogP contribution is -2.43. The number of urea groups is 1. The number of nitrogens with zero attached hydrogens (tertiary/aromatic N) is 3. The molecular formula is C12H18N4O5. The molecule has 2 rings (SSSR count). The second-order valence-corrected chi connectivity index (χ2v) is 4.81. The third kappa shape index (κ3) is 3.70. The number of carboxylic acids is 1. The number of carbonyl (C=O) groups is 2. The van der Waals surface area contributed by atoms with E-state index < -0.39 is 24.1 Å². The number of likely N-dealkylation sites (tertiary alicyclic amines) is 1. The van der Waals surface area contributed by atoms with Crippen molar-refractivity contribution < 1.29 is 24.5 Å². The number of hydrogen-bond donors (Lipinski definition) is 3. The van der Waals surface area contributed by atoms with Gasteiger partial charge in [-0.3, -0.25) is 4.68 Å². The number of methoxy groups -OCH3 is 1. The standard InChI is InChI=1S/C12H18N4O5/c1-21-3-2-15-6-8(5-13-15)14-12(20)16-7-9(17)4-10(16)11(18)19/h5-6,9-10,17H,2-4,7H2,1H3,(H,14,20)(H,18,19)/t9-,10-/m0/s1. The molecular weight excluding hydrogens is 280 g/mol. The molecule has 1 fully saturated rings. The Hall–Kier alpha value is -2.13. The summed E-state index contributed by atoms with van der Waals surface area (Å²) in [4.78, 5) is 24.3. The number of aliphatic hydroxyl groups is 1. The average molecular weight is 298 g/mol. The van der Waals surface area contributed by atoms with Crippen molar-refractivity contribution in [1.82, 2.24) is 14.7 Å². The molecule has 2 heterocycles. The van der Waals surface area contributed by atoms with Crippen molar-refractivity contribution in [3.63, 3.8) is 0 Å². The molecule has 21 heavy (non-hydrogen) atoms. The van der Waals surface area contributed by atoms with Gasteiger partial charge in [0.1, 0.15) is 6.04 Å². The summed E-state index contributed by atoms with van der Waals surface area (Å²) in [6.45, 7) is 1.04. The van der Waals surface area contributed by atoms with Gasteiger partial charge in [0.15, 0.2) is 0 Å². The average Bonchev–Trinajstić information content (AvgIpc) is 3.03. The molecule has 2 atom stereocenters. The molecule has 2 amide bonds. The molecule has 1 saturated heterocycles. The summed E-state index contributed by atoms with van der Waals surface area (Å²) in [7, 11) is 1.58. The molecule has 3 N–H and O–H groups in total. The van der Waals surface area contributed by atoms with Crippen LogP contribution in [0.2, 0.25) is 0 Å². The highest BCUT2D eigenvalue weighted by Crippen LogP contribution is 2.19. The number of rotatable bonds is 5. The van der Waals surface area contributed by atoms with Crippen LogP contribution in [-0.4, -0.2) is 69.3 Å². The molecule has 0 unspecified atom stereocenters. The number of carbonyl (C=O) groups excluding carboxylic acids is 1. The van der Waals surface area contributed by atoms with Gasteiger partial charge in [0.2, 0.25) is 0 Å². The molecule has 0 aliphatic carbocycles. The second-order valence-electron chi connectivity index (χ2n) is 4.81. The van der Waals surface area contributed by atoms with Gasteiger partial charge < -0.3 is 25.2 Å². The third-order valence-corrected chi connectivity index (χ3v) is 3.23. The number of carboxylic acid groups (broad SMARTS) is 1. The number of ether oxygens (including phenoxy) is 1. The van der Waals surface area contributed by atoms with Crippen LogP contribution in [0.15, 0.2) is 12.4 Å². The van der Waals surface area contributed by atoms with Crippen LogP contribution in [0.3, 0.4) is 0 Å². The number of amides is 2. The highest BCUT2D eigenvalue weighted by molar-refractivity contribution is 5.92. The summed E-state index contributed by atoms with van der Waals surface area (Å²) in [6.07, 6.45) is 2.31. The smallest absolute Gasteiger partial charge is 0.326 e. The van der Waals surface area contributed by atoms with Crippen LogP contribution in [0.1, 0.15) is 6.42 Å². The van der Waals surface area contributed by atoms with E-state index in [-0.39, 0.29) is 13.0 Å². The molecule has 0 spiro atoms. The maximum atomic E-state index is 12.1. The Morgan fingerprint density at radius 3 is 3.00 bits per heavy atom. The van der Waals surface area contributed by atoms with Gasteiger partial charge in [-0.2, -0.15) is 5.10 Å². The Morgan fingerprint density at radius 2 is 2.33 bits per heavy atom. The molecule has 1 aromatic heterocycles. The first-order chi connectivity index (χ1) is 10.0. The van der Waals surface area contributed by atoms with Crippen molar-refractivity contribution in [2.24, 2.45) is 0 Å². The maximum Gasteiger partial charge on any atom is 0.326 e. The van der Waals surface area contributed by atoms with Crippen LogP contribution in [-0.2, 0) is 16.1 Å². The summed E-state index contributed by atoms with van der Waals surface area (Å²) in [5, 5.41) is 25.2. The largest absolute Gasteiger partial charge is 0.480 e. The van der Waals surface area contributed by atoms with Crippen molar-refractivity contribution in [1.29, 1.82) is 0 Å². The molecule has 0 aromatic carbocycles. The van der Waals surface area contributed by atoms with Crippen molar-refractivity contribution in [3.05, 3.63) is 12.4 Å². The summed E-state index contributed by atoms with van der Waals surface area (Å²) in [5.74, 6) is -1.13. The topological polar surface area (TPSA) is 117 Å². The third-order valence-electron chi connectivity index (χ3n) is 3.23. The fourth-order valence-electron chi connectivity index (χ4n) is 2.20. The fraction of sp³-hybridized carbons (Fsp3) is 0.583. The van der Waals surface area contributed by atoms with Gasteiger partial charge in [0.25, 0.3) is 0 Å². The van der Waals surface area contributed by atoms with Crippen LogP contribution in [0, 0.1) is 0 Å². The molecule has 9 heteroatoms. The first-order valence-electron chi connectivity index (χ1n) is 6.51. The number of aromatic nitrogens is 2. The van der Waals surface area contributed by atoms with Crippen LogP contribution >= 0.6 is 0 Å². The van der Waals surface area contributed by atoms with Crippen LogP contribution < -0.4 is 5.32 Å². The SMILES string of the molecule is COCCn1cc(NC(=O)N2C[C@@H](O)C[C@H]2C(=O)O)cn1. The lowest BCUT2D eigenvalue weighted by atomic mass is 10.2. The molecule has 1 aromatic rings. The monoisotopic (exact) mass is 298 g/mol. The number of anilines is 1. The van der Waals surface area contributed by atoms with E-state index in [4.69, 9.17) is 9.84 Å². The molecule has 9 nitrogen and oxygen atoms in total. The number of hydrogen-bond acceptors (Lipinski definition) is 5. The van der Waals surface area contributed by atoms with Crippen molar-refractivity contribution in [3.8, 4) is 0 Å². The molecule has 1 aliphatic heterocycles. The highest BCUT2D eigenvalue weighted by Gasteiger charge is 2.39. The van der Waals surface area contributed by atoms with Gasteiger partial charge in [-0.15, -0.1) is 0 Å². The highest BCUT2D eigenvalue weighted by atomic mass is 16.5. The minimum absolute atomic E-state index is 0.000607. The van der Waals surface area contributed by atoms with Crippen LogP contribution in [0.4, 0.5) is 10.5 Å². The van der Waals surface area contributed by atoms with Gasteiger partial charge in [0.05, 0.1) is 31.1 Å². The number of aliphatic carboxylic acids is 1. The summed E-state index contributed by atoms with van der Waals surface area (Å²) < 4.78 is 6.52. The maximum absolute atomic E-state index is 12.1. The Balaban J connectivity index is 1.97. The molecule has 0 saturated carbocycles.